The van der Waals surface area contributed by atoms with E-state index in [0.717, 1.165) is 24.8 Å². The SMILES string of the molecule is CCCCCCCCCCCCCCCCC(=O)N[C@@H](Cc1ccccc1)C(=O)O. The van der Waals surface area contributed by atoms with Crippen molar-refractivity contribution in [2.75, 3.05) is 0 Å². The number of benzene rings is 1. The number of aliphatic carboxylic acids is 1. The summed E-state index contributed by atoms with van der Waals surface area (Å²) in [6.07, 6.45) is 18.7. The topological polar surface area (TPSA) is 66.4 Å². The summed E-state index contributed by atoms with van der Waals surface area (Å²) in [6.45, 7) is 2.26. The maximum atomic E-state index is 12.1. The van der Waals surface area contributed by atoms with Crippen LogP contribution in [0.2, 0.25) is 0 Å². The predicted octanol–water partition coefficient (Wildman–Crippen LogP) is 6.67. The van der Waals surface area contributed by atoms with Gasteiger partial charge in [0.05, 0.1) is 0 Å². The number of carboxylic acid groups (broad SMARTS) is 1. The maximum absolute atomic E-state index is 12.1. The summed E-state index contributed by atoms with van der Waals surface area (Å²) < 4.78 is 0. The van der Waals surface area contributed by atoms with E-state index in [1.807, 2.05) is 30.3 Å². The highest BCUT2D eigenvalue weighted by molar-refractivity contribution is 5.83. The van der Waals surface area contributed by atoms with Gasteiger partial charge in [-0.1, -0.05) is 121 Å². The molecule has 0 aliphatic heterocycles. The molecule has 0 radical (unpaired) electrons. The molecule has 30 heavy (non-hydrogen) atoms. The third-order valence-electron chi connectivity index (χ3n) is 5.67. The summed E-state index contributed by atoms with van der Waals surface area (Å²) >= 11 is 0. The van der Waals surface area contributed by atoms with Crippen molar-refractivity contribution in [2.24, 2.45) is 0 Å². The van der Waals surface area contributed by atoms with Crippen LogP contribution in [0.15, 0.2) is 30.3 Å². The number of hydrogen-bond acceptors (Lipinski definition) is 2. The molecule has 0 aromatic heterocycles. The number of rotatable bonds is 19. The molecule has 0 unspecified atom stereocenters. The molecule has 4 nitrogen and oxygen atoms in total. The van der Waals surface area contributed by atoms with Crippen molar-refractivity contribution in [3.8, 4) is 0 Å². The zero-order valence-electron chi connectivity index (χ0n) is 19.0. The van der Waals surface area contributed by atoms with Gasteiger partial charge in [-0.3, -0.25) is 4.79 Å². The zero-order valence-corrected chi connectivity index (χ0v) is 19.0. The molecule has 1 atom stereocenters. The van der Waals surface area contributed by atoms with E-state index in [-0.39, 0.29) is 5.91 Å². The lowest BCUT2D eigenvalue weighted by Crippen LogP contribution is -2.42. The molecule has 2 N–H and O–H groups in total. The molecule has 0 heterocycles. The van der Waals surface area contributed by atoms with Crippen molar-refractivity contribution in [1.29, 1.82) is 0 Å². The summed E-state index contributed by atoms with van der Waals surface area (Å²) in [6, 6.07) is 8.57. The molecule has 4 heteroatoms. The van der Waals surface area contributed by atoms with E-state index in [1.54, 1.807) is 0 Å². The Morgan fingerprint density at radius 3 is 1.70 bits per heavy atom. The molecule has 1 aromatic rings. The first-order valence-electron chi connectivity index (χ1n) is 12.2. The van der Waals surface area contributed by atoms with Crippen molar-refractivity contribution >= 4 is 11.9 Å². The Balaban J connectivity index is 1.98. The van der Waals surface area contributed by atoms with E-state index in [0.29, 0.717) is 12.8 Å². The summed E-state index contributed by atoms with van der Waals surface area (Å²) in [7, 11) is 0. The lowest BCUT2D eigenvalue weighted by atomic mass is 10.0. The minimum absolute atomic E-state index is 0.155. The van der Waals surface area contributed by atoms with Gasteiger partial charge >= 0.3 is 5.97 Å². The van der Waals surface area contributed by atoms with Crippen LogP contribution in [0.3, 0.4) is 0 Å². The number of nitrogens with one attached hydrogen (secondary N) is 1. The van der Waals surface area contributed by atoms with Gasteiger partial charge in [0.15, 0.2) is 0 Å². The predicted molar refractivity (Wildman–Crippen MR) is 125 cm³/mol. The number of carbonyl (C=O) groups is 2. The van der Waals surface area contributed by atoms with Gasteiger partial charge in [-0.05, 0) is 12.0 Å². The van der Waals surface area contributed by atoms with Crippen LogP contribution >= 0.6 is 0 Å². The van der Waals surface area contributed by atoms with Crippen LogP contribution < -0.4 is 5.32 Å². The summed E-state index contributed by atoms with van der Waals surface area (Å²) in [4.78, 5) is 23.5. The van der Waals surface area contributed by atoms with Gasteiger partial charge in [-0.2, -0.15) is 0 Å². The second-order valence-electron chi connectivity index (χ2n) is 8.49. The molecule has 1 aromatic carbocycles. The molecule has 0 aliphatic rings. The van der Waals surface area contributed by atoms with Gasteiger partial charge < -0.3 is 10.4 Å². The number of amides is 1. The fourth-order valence-electron chi connectivity index (χ4n) is 3.80. The van der Waals surface area contributed by atoms with Crippen LogP contribution in [-0.4, -0.2) is 23.0 Å². The van der Waals surface area contributed by atoms with E-state index in [2.05, 4.69) is 12.2 Å². The maximum Gasteiger partial charge on any atom is 0.326 e. The second-order valence-corrected chi connectivity index (χ2v) is 8.49. The highest BCUT2D eigenvalue weighted by Crippen LogP contribution is 2.13. The molecule has 0 spiro atoms. The van der Waals surface area contributed by atoms with Crippen molar-refractivity contribution in [2.45, 2.75) is 116 Å². The zero-order chi connectivity index (χ0) is 21.9. The third kappa shape index (κ3) is 14.2. The normalized spacial score (nSPS) is 11.9. The van der Waals surface area contributed by atoms with E-state index < -0.39 is 12.0 Å². The largest absolute Gasteiger partial charge is 0.480 e. The first kappa shape index (κ1) is 26.2. The molecule has 0 fully saturated rings. The minimum Gasteiger partial charge on any atom is -0.480 e. The standard InChI is InChI=1S/C26H43NO3/c1-2-3-4-5-6-7-8-9-10-11-12-13-14-18-21-25(28)27-24(26(29)30)22-23-19-16-15-17-20-23/h15-17,19-20,24H,2-14,18,21-22H2,1H3,(H,27,28)(H,29,30)/t24-/m0/s1. The first-order chi connectivity index (χ1) is 14.6. The van der Waals surface area contributed by atoms with Gasteiger partial charge in [0.1, 0.15) is 6.04 Å². The van der Waals surface area contributed by atoms with Crippen LogP contribution in [0, 0.1) is 0 Å². The van der Waals surface area contributed by atoms with Gasteiger partial charge in [0.25, 0.3) is 0 Å². The number of hydrogen-bond donors (Lipinski definition) is 2. The third-order valence-corrected chi connectivity index (χ3v) is 5.67. The average Bonchev–Trinajstić information content (AvgIpc) is 2.74. The molecular formula is C26H43NO3. The quantitative estimate of drug-likeness (QED) is 0.247. The molecular weight excluding hydrogens is 374 g/mol. The summed E-state index contributed by atoms with van der Waals surface area (Å²) in [5.74, 6) is -1.13. The molecule has 0 aliphatic carbocycles. The lowest BCUT2D eigenvalue weighted by Gasteiger charge is -2.14. The van der Waals surface area contributed by atoms with Crippen LogP contribution in [0.5, 0.6) is 0 Å². The molecule has 0 saturated carbocycles. The van der Waals surface area contributed by atoms with Crippen LogP contribution in [0.25, 0.3) is 0 Å². The molecule has 0 saturated heterocycles. The minimum atomic E-state index is -0.979. The Hall–Kier alpha value is -1.84. The van der Waals surface area contributed by atoms with E-state index in [4.69, 9.17) is 0 Å². The lowest BCUT2D eigenvalue weighted by molar-refractivity contribution is -0.141. The number of unbranched alkanes of at least 4 members (excludes halogenated alkanes) is 13. The number of carboxylic acids is 1. The Kier molecular flexibility index (Phi) is 15.7. The van der Waals surface area contributed by atoms with E-state index >= 15 is 0 Å². The van der Waals surface area contributed by atoms with Crippen molar-refractivity contribution < 1.29 is 14.7 Å². The Labute approximate surface area is 183 Å². The molecule has 1 amide bonds. The van der Waals surface area contributed by atoms with Crippen LogP contribution in [0.1, 0.15) is 109 Å². The van der Waals surface area contributed by atoms with Gasteiger partial charge in [-0.15, -0.1) is 0 Å². The molecule has 0 bridgehead atoms. The summed E-state index contributed by atoms with van der Waals surface area (Å²) in [5.41, 5.74) is 0.918. The van der Waals surface area contributed by atoms with E-state index in [1.165, 1.54) is 70.6 Å². The first-order valence-corrected chi connectivity index (χ1v) is 12.2. The Morgan fingerprint density at radius 1 is 0.767 bits per heavy atom. The fourth-order valence-corrected chi connectivity index (χ4v) is 3.80. The highest BCUT2D eigenvalue weighted by Gasteiger charge is 2.19. The van der Waals surface area contributed by atoms with Gasteiger partial charge in [-0.25, -0.2) is 4.79 Å². The highest BCUT2D eigenvalue weighted by atomic mass is 16.4. The van der Waals surface area contributed by atoms with Crippen molar-refractivity contribution in [3.63, 3.8) is 0 Å². The Morgan fingerprint density at radius 2 is 1.23 bits per heavy atom. The monoisotopic (exact) mass is 417 g/mol. The second kappa shape index (κ2) is 18.0. The van der Waals surface area contributed by atoms with Crippen molar-refractivity contribution in [3.05, 3.63) is 35.9 Å². The van der Waals surface area contributed by atoms with E-state index in [9.17, 15) is 14.7 Å². The van der Waals surface area contributed by atoms with Gasteiger partial charge in [0, 0.05) is 12.8 Å². The smallest absolute Gasteiger partial charge is 0.326 e. The van der Waals surface area contributed by atoms with Crippen molar-refractivity contribution in [1.82, 2.24) is 5.32 Å². The molecule has 1 rings (SSSR count). The van der Waals surface area contributed by atoms with Gasteiger partial charge in [0.2, 0.25) is 5.91 Å². The van der Waals surface area contributed by atoms with Crippen LogP contribution in [0.4, 0.5) is 0 Å². The average molecular weight is 418 g/mol. The van der Waals surface area contributed by atoms with Crippen LogP contribution in [-0.2, 0) is 16.0 Å². The Bertz CT molecular complexity index is 559. The fraction of sp³-hybridized carbons (Fsp3) is 0.692. The summed E-state index contributed by atoms with van der Waals surface area (Å²) in [5, 5.41) is 12.0. The number of carbonyl (C=O) groups excluding carboxylic acids is 1. The molecule has 170 valence electrons.